The minimum Gasteiger partial charge on any atom is -0.459 e. The number of anilines is 1. The summed E-state index contributed by atoms with van der Waals surface area (Å²) in [6, 6.07) is 12.3. The number of nitrogens with zero attached hydrogens (tertiary/aromatic N) is 1. The molecule has 0 spiro atoms. The summed E-state index contributed by atoms with van der Waals surface area (Å²) in [4.78, 5) is 28.4. The number of aliphatic hydroxyl groups excluding tert-OH is 3. The quantitative estimate of drug-likeness (QED) is 0.225. The molecule has 1 aliphatic heterocycles. The SMILES string of the molecule is CCCCC[C@H](C)c1ccc(N2C(=O)CC[C@@H]2CCCc2ccc(C(=O)OC[C@@H](O)[C@@H](O)CO)s2)cc1. The highest BCUT2D eigenvalue weighted by Gasteiger charge is 2.31. The molecule has 0 unspecified atom stereocenters. The van der Waals surface area contributed by atoms with Crippen molar-refractivity contribution in [3.8, 4) is 0 Å². The fourth-order valence-corrected chi connectivity index (χ4v) is 5.74. The molecule has 0 aliphatic carbocycles. The molecule has 0 bridgehead atoms. The Balaban J connectivity index is 1.49. The Bertz CT molecular complexity index is 991. The lowest BCUT2D eigenvalue weighted by Crippen LogP contribution is -2.34. The molecule has 2 heterocycles. The van der Waals surface area contributed by atoms with Gasteiger partial charge in [-0.2, -0.15) is 0 Å². The van der Waals surface area contributed by atoms with Gasteiger partial charge in [0.1, 0.15) is 23.7 Å². The largest absolute Gasteiger partial charge is 0.459 e. The molecular weight excluding hydrogens is 490 g/mol. The van der Waals surface area contributed by atoms with Gasteiger partial charge in [0.25, 0.3) is 0 Å². The topological polar surface area (TPSA) is 107 Å². The number of hydrogen-bond donors (Lipinski definition) is 3. The van der Waals surface area contributed by atoms with Gasteiger partial charge in [-0.1, -0.05) is 45.2 Å². The summed E-state index contributed by atoms with van der Waals surface area (Å²) in [5.74, 6) is 0.149. The van der Waals surface area contributed by atoms with Crippen LogP contribution in [0.5, 0.6) is 0 Å². The molecule has 1 aromatic carbocycles. The maximum atomic E-state index is 12.7. The molecule has 1 fully saturated rings. The molecule has 2 aromatic rings. The summed E-state index contributed by atoms with van der Waals surface area (Å²) >= 11 is 1.35. The highest BCUT2D eigenvalue weighted by Crippen LogP contribution is 2.32. The van der Waals surface area contributed by atoms with Crippen molar-refractivity contribution in [1.82, 2.24) is 0 Å². The third-order valence-corrected chi connectivity index (χ3v) is 8.27. The van der Waals surface area contributed by atoms with E-state index in [0.717, 1.165) is 36.2 Å². The molecule has 37 heavy (non-hydrogen) atoms. The smallest absolute Gasteiger partial charge is 0.348 e. The molecule has 204 valence electrons. The van der Waals surface area contributed by atoms with Gasteiger partial charge in [-0.05, 0) is 67.9 Å². The zero-order chi connectivity index (χ0) is 26.8. The summed E-state index contributed by atoms with van der Waals surface area (Å²) < 4.78 is 5.04. The minimum absolute atomic E-state index is 0.184. The second kappa shape index (κ2) is 14.6. The number of benzene rings is 1. The van der Waals surface area contributed by atoms with Gasteiger partial charge in [-0.3, -0.25) is 4.79 Å². The molecule has 7 nitrogen and oxygen atoms in total. The number of amides is 1. The number of carbonyl (C=O) groups excluding carboxylic acids is 2. The number of aliphatic hydroxyl groups is 3. The summed E-state index contributed by atoms with van der Waals surface area (Å²) in [5, 5.41) is 27.8. The predicted molar refractivity (Wildman–Crippen MR) is 146 cm³/mol. The summed E-state index contributed by atoms with van der Waals surface area (Å²) in [6.45, 7) is 3.52. The lowest BCUT2D eigenvalue weighted by Gasteiger charge is -2.25. The number of thiophene rings is 1. The van der Waals surface area contributed by atoms with E-state index in [0.29, 0.717) is 17.2 Å². The van der Waals surface area contributed by atoms with E-state index in [4.69, 9.17) is 9.84 Å². The Morgan fingerprint density at radius 2 is 1.86 bits per heavy atom. The maximum Gasteiger partial charge on any atom is 0.348 e. The normalized spacial score (nSPS) is 18.1. The van der Waals surface area contributed by atoms with Crippen molar-refractivity contribution in [2.45, 2.75) is 95.8 Å². The second-order valence-corrected chi connectivity index (χ2v) is 11.2. The van der Waals surface area contributed by atoms with E-state index in [1.807, 2.05) is 11.0 Å². The predicted octanol–water partition coefficient (Wildman–Crippen LogP) is 4.82. The summed E-state index contributed by atoms with van der Waals surface area (Å²) in [6.07, 6.45) is 6.30. The molecular formula is C29H41NO6S. The number of esters is 1. The van der Waals surface area contributed by atoms with Crippen LogP contribution in [0.15, 0.2) is 36.4 Å². The van der Waals surface area contributed by atoms with Crippen molar-refractivity contribution >= 4 is 28.9 Å². The Hall–Kier alpha value is -2.26. The van der Waals surface area contributed by atoms with Crippen LogP contribution in [-0.2, 0) is 16.0 Å². The fourth-order valence-electron chi connectivity index (χ4n) is 4.80. The molecule has 0 radical (unpaired) electrons. The van der Waals surface area contributed by atoms with Gasteiger partial charge in [-0.25, -0.2) is 4.79 Å². The van der Waals surface area contributed by atoms with Crippen LogP contribution < -0.4 is 4.90 Å². The van der Waals surface area contributed by atoms with Crippen molar-refractivity contribution in [3.05, 3.63) is 51.7 Å². The Morgan fingerprint density at radius 1 is 1.11 bits per heavy atom. The molecule has 1 saturated heterocycles. The first-order valence-electron chi connectivity index (χ1n) is 13.5. The standard InChI is InChI=1S/C29H41NO6S/c1-3-4-5-7-20(2)21-10-12-23(13-11-21)30-22(14-17-28(30)34)8-6-9-24-15-16-27(37-24)29(35)36-19-26(33)25(32)18-31/h10-13,15-16,20,22,25-26,31-33H,3-9,14,17-19H2,1-2H3/t20-,22-,25-,26+/m0/s1. The monoisotopic (exact) mass is 531 g/mol. The van der Waals surface area contributed by atoms with Gasteiger partial charge in [0.05, 0.1) is 6.61 Å². The van der Waals surface area contributed by atoms with Crippen LogP contribution in [0.3, 0.4) is 0 Å². The van der Waals surface area contributed by atoms with Crippen LogP contribution in [0.25, 0.3) is 0 Å². The number of rotatable bonds is 15. The zero-order valence-electron chi connectivity index (χ0n) is 22.0. The van der Waals surface area contributed by atoms with Crippen molar-refractivity contribution in [1.29, 1.82) is 0 Å². The average Bonchev–Trinajstić information content (AvgIpc) is 3.53. The van der Waals surface area contributed by atoms with Crippen LogP contribution in [-0.4, -0.2) is 58.7 Å². The summed E-state index contributed by atoms with van der Waals surface area (Å²) in [7, 11) is 0. The van der Waals surface area contributed by atoms with Gasteiger partial charge in [0.2, 0.25) is 5.91 Å². The van der Waals surface area contributed by atoms with Gasteiger partial charge < -0.3 is 25.0 Å². The molecule has 0 saturated carbocycles. The van der Waals surface area contributed by atoms with Crippen LogP contribution in [0.1, 0.15) is 91.2 Å². The third-order valence-electron chi connectivity index (χ3n) is 7.15. The second-order valence-electron chi connectivity index (χ2n) is 10.0. The first kappa shape index (κ1) is 29.3. The molecule has 1 amide bonds. The van der Waals surface area contributed by atoms with E-state index in [1.54, 1.807) is 6.07 Å². The zero-order valence-corrected chi connectivity index (χ0v) is 22.8. The van der Waals surface area contributed by atoms with Gasteiger partial charge in [-0.15, -0.1) is 11.3 Å². The number of unbranched alkanes of at least 4 members (excludes halogenated alkanes) is 2. The Morgan fingerprint density at radius 3 is 2.57 bits per heavy atom. The molecule has 3 N–H and O–H groups in total. The number of aryl methyl sites for hydroxylation is 1. The third kappa shape index (κ3) is 8.37. The van der Waals surface area contributed by atoms with E-state index >= 15 is 0 Å². The van der Waals surface area contributed by atoms with Crippen LogP contribution in [0.4, 0.5) is 5.69 Å². The number of ether oxygens (including phenoxy) is 1. The van der Waals surface area contributed by atoms with E-state index in [9.17, 15) is 19.8 Å². The first-order valence-corrected chi connectivity index (χ1v) is 14.3. The van der Waals surface area contributed by atoms with Crippen molar-refractivity contribution in [2.75, 3.05) is 18.1 Å². The van der Waals surface area contributed by atoms with Crippen LogP contribution in [0, 0.1) is 0 Å². The Labute approximate surface area is 224 Å². The van der Waals surface area contributed by atoms with Crippen molar-refractivity contribution < 1.29 is 29.6 Å². The number of carbonyl (C=O) groups is 2. The van der Waals surface area contributed by atoms with Crippen LogP contribution >= 0.6 is 11.3 Å². The highest BCUT2D eigenvalue weighted by molar-refractivity contribution is 7.13. The van der Waals surface area contributed by atoms with E-state index < -0.39 is 24.8 Å². The minimum atomic E-state index is -1.34. The van der Waals surface area contributed by atoms with E-state index in [2.05, 4.69) is 38.1 Å². The van der Waals surface area contributed by atoms with Crippen LogP contribution in [0.2, 0.25) is 0 Å². The molecule has 8 heteroatoms. The molecule has 1 aromatic heterocycles. The molecule has 1 aliphatic rings. The van der Waals surface area contributed by atoms with Gasteiger partial charge >= 0.3 is 5.97 Å². The maximum absolute atomic E-state index is 12.7. The van der Waals surface area contributed by atoms with Crippen molar-refractivity contribution in [2.24, 2.45) is 0 Å². The van der Waals surface area contributed by atoms with E-state index in [-0.39, 0.29) is 18.6 Å². The fraction of sp³-hybridized carbons (Fsp3) is 0.586. The number of hydrogen-bond acceptors (Lipinski definition) is 7. The summed E-state index contributed by atoms with van der Waals surface area (Å²) in [5.41, 5.74) is 2.31. The van der Waals surface area contributed by atoms with Crippen molar-refractivity contribution in [3.63, 3.8) is 0 Å². The van der Waals surface area contributed by atoms with E-state index in [1.165, 1.54) is 42.6 Å². The van der Waals surface area contributed by atoms with Gasteiger partial charge in [0.15, 0.2) is 0 Å². The average molecular weight is 532 g/mol. The molecule has 4 atom stereocenters. The first-order chi connectivity index (χ1) is 17.8. The highest BCUT2D eigenvalue weighted by atomic mass is 32.1. The Kier molecular flexibility index (Phi) is 11.6. The van der Waals surface area contributed by atoms with Gasteiger partial charge in [0, 0.05) is 23.0 Å². The molecule has 3 rings (SSSR count). The lowest BCUT2D eigenvalue weighted by atomic mass is 9.95. The lowest BCUT2D eigenvalue weighted by molar-refractivity contribution is -0.117.